The molecule has 0 unspecified atom stereocenters. The third kappa shape index (κ3) is 3.32. The minimum absolute atomic E-state index is 0.0137. The molecule has 4 heteroatoms. The Hall–Kier alpha value is -2.62. The number of hydrogen-bond donors (Lipinski definition) is 1. The number of carbonyl (C=O) groups excluding carboxylic acids is 1. The summed E-state index contributed by atoms with van der Waals surface area (Å²) in [6, 6.07) is 12.3. The van der Waals surface area contributed by atoms with Crippen LogP contribution in [0, 0.1) is 0 Å². The molecular formula is C20H21NO3. The molecule has 24 heavy (non-hydrogen) atoms. The van der Waals surface area contributed by atoms with E-state index >= 15 is 0 Å². The molecule has 3 rings (SSSR count). The summed E-state index contributed by atoms with van der Waals surface area (Å²) >= 11 is 0. The summed E-state index contributed by atoms with van der Waals surface area (Å²) in [6.45, 7) is 4.15. The molecule has 4 nitrogen and oxygen atoms in total. The number of aromatic hydroxyl groups is 1. The van der Waals surface area contributed by atoms with Gasteiger partial charge in [0.05, 0.1) is 24.8 Å². The third-order valence-electron chi connectivity index (χ3n) is 4.21. The van der Waals surface area contributed by atoms with Crippen LogP contribution < -0.4 is 4.74 Å². The van der Waals surface area contributed by atoms with Crippen LogP contribution in [-0.2, 0) is 6.42 Å². The van der Waals surface area contributed by atoms with E-state index in [2.05, 4.69) is 19.9 Å². The zero-order valence-electron chi connectivity index (χ0n) is 14.2. The average Bonchev–Trinajstić information content (AvgIpc) is 2.54. The molecule has 124 valence electrons. The second kappa shape index (κ2) is 6.11. The van der Waals surface area contributed by atoms with Gasteiger partial charge in [0.25, 0.3) is 0 Å². The van der Waals surface area contributed by atoms with E-state index in [-0.39, 0.29) is 23.5 Å². The Morgan fingerprint density at radius 1 is 1.21 bits per heavy atom. The lowest BCUT2D eigenvalue weighted by atomic mass is 9.85. The lowest BCUT2D eigenvalue weighted by molar-refractivity contribution is 0.100. The van der Waals surface area contributed by atoms with Gasteiger partial charge in [-0.05, 0) is 62.2 Å². The van der Waals surface area contributed by atoms with Crippen molar-refractivity contribution in [2.45, 2.75) is 32.2 Å². The predicted molar refractivity (Wildman–Crippen MR) is 94.4 cm³/mol. The number of ether oxygens (including phenoxy) is 1. The first-order valence-electron chi connectivity index (χ1n) is 7.96. The molecule has 0 spiro atoms. The fourth-order valence-corrected chi connectivity index (χ4v) is 3.07. The number of Topliss-reactive ketones (excluding diaryl/α,β-unsaturated/α-hetero) is 1. The molecule has 1 aliphatic heterocycles. The molecule has 2 aromatic rings. The van der Waals surface area contributed by atoms with Gasteiger partial charge in [0.15, 0.2) is 5.78 Å². The molecule has 0 fully saturated rings. The number of hydrogen-bond acceptors (Lipinski definition) is 4. The molecule has 1 N–H and O–H groups in total. The van der Waals surface area contributed by atoms with E-state index < -0.39 is 0 Å². The fourth-order valence-electron chi connectivity index (χ4n) is 3.07. The molecule has 0 radical (unpaired) electrons. The van der Waals surface area contributed by atoms with Gasteiger partial charge in [-0.2, -0.15) is 0 Å². The summed E-state index contributed by atoms with van der Waals surface area (Å²) in [4.78, 5) is 17.4. The molecule has 0 saturated heterocycles. The van der Waals surface area contributed by atoms with E-state index in [9.17, 15) is 9.90 Å². The van der Waals surface area contributed by atoms with Gasteiger partial charge in [-0.1, -0.05) is 6.07 Å². The fraction of sp³-hybridized carbons (Fsp3) is 0.300. The second-order valence-electron chi connectivity index (χ2n) is 6.72. The summed E-state index contributed by atoms with van der Waals surface area (Å²) in [5.74, 6) is 0.899. The Labute approximate surface area is 141 Å². The lowest BCUT2D eigenvalue weighted by Crippen LogP contribution is -2.30. The first-order chi connectivity index (χ1) is 11.4. The minimum Gasteiger partial charge on any atom is -0.508 e. The zero-order chi connectivity index (χ0) is 17.3. The summed E-state index contributed by atoms with van der Waals surface area (Å²) in [7, 11) is 1.63. The molecule has 0 aromatic heterocycles. The van der Waals surface area contributed by atoms with E-state index in [1.54, 1.807) is 19.2 Å². The molecule has 1 aliphatic rings. The van der Waals surface area contributed by atoms with Crippen molar-refractivity contribution >= 4 is 11.5 Å². The molecular weight excluding hydrogens is 302 g/mol. The van der Waals surface area contributed by atoms with Gasteiger partial charge in [0.1, 0.15) is 11.5 Å². The van der Waals surface area contributed by atoms with Gasteiger partial charge in [-0.3, -0.25) is 9.79 Å². The van der Waals surface area contributed by atoms with Gasteiger partial charge in [-0.25, -0.2) is 0 Å². The Morgan fingerprint density at radius 3 is 2.58 bits per heavy atom. The molecule has 0 atom stereocenters. The number of phenolic OH excluding ortho intramolecular Hbond substituents is 1. The zero-order valence-corrected chi connectivity index (χ0v) is 14.2. The topological polar surface area (TPSA) is 58.9 Å². The van der Waals surface area contributed by atoms with Crippen LogP contribution in [0.3, 0.4) is 0 Å². The molecule has 1 heterocycles. The highest BCUT2D eigenvalue weighted by atomic mass is 16.5. The van der Waals surface area contributed by atoms with E-state index in [4.69, 9.17) is 9.73 Å². The quantitative estimate of drug-likeness (QED) is 0.871. The number of ketones is 1. The van der Waals surface area contributed by atoms with Gasteiger partial charge in [0.2, 0.25) is 0 Å². The number of methoxy groups -OCH3 is 1. The minimum atomic E-state index is -0.230. The average molecular weight is 323 g/mol. The van der Waals surface area contributed by atoms with Crippen molar-refractivity contribution in [1.29, 1.82) is 0 Å². The van der Waals surface area contributed by atoms with Crippen molar-refractivity contribution in [3.63, 3.8) is 0 Å². The Kier molecular flexibility index (Phi) is 4.14. The van der Waals surface area contributed by atoms with Crippen molar-refractivity contribution in [3.8, 4) is 11.5 Å². The molecule has 0 bridgehead atoms. The highest BCUT2D eigenvalue weighted by Gasteiger charge is 2.28. The third-order valence-corrected chi connectivity index (χ3v) is 4.21. The number of aliphatic imine (C=N–C) groups is 1. The number of rotatable bonds is 4. The second-order valence-corrected chi connectivity index (χ2v) is 6.72. The monoisotopic (exact) mass is 323 g/mol. The Balaban J connectivity index is 1.95. The summed E-state index contributed by atoms with van der Waals surface area (Å²) in [6.07, 6.45) is 1.07. The summed E-state index contributed by atoms with van der Waals surface area (Å²) < 4.78 is 5.32. The van der Waals surface area contributed by atoms with Crippen LogP contribution in [0.1, 0.15) is 41.8 Å². The molecule has 0 saturated carbocycles. The van der Waals surface area contributed by atoms with Crippen LogP contribution in [0.4, 0.5) is 0 Å². The van der Waals surface area contributed by atoms with Crippen molar-refractivity contribution in [3.05, 3.63) is 59.2 Å². The normalized spacial score (nSPS) is 15.4. The van der Waals surface area contributed by atoms with Crippen LogP contribution in [-0.4, -0.2) is 29.3 Å². The first-order valence-corrected chi connectivity index (χ1v) is 7.96. The standard InChI is InChI=1S/C20H21NO3/c1-20(2)12-14-6-9-16(24-3)10-17(14)18(21-20)11-19(23)13-4-7-15(22)8-5-13/h4-10,22H,11-12H2,1-3H3. The predicted octanol–water partition coefficient (Wildman–Crippen LogP) is 3.80. The van der Waals surface area contributed by atoms with Crippen LogP contribution >= 0.6 is 0 Å². The lowest BCUT2D eigenvalue weighted by Gasteiger charge is -2.29. The summed E-state index contributed by atoms with van der Waals surface area (Å²) in [5.41, 5.74) is 3.30. The van der Waals surface area contributed by atoms with Crippen molar-refractivity contribution in [2.24, 2.45) is 4.99 Å². The first kappa shape index (κ1) is 16.2. The number of nitrogens with zero attached hydrogens (tertiary/aromatic N) is 1. The molecule has 2 aromatic carbocycles. The Bertz CT molecular complexity index is 804. The summed E-state index contributed by atoms with van der Waals surface area (Å²) in [5, 5.41) is 9.37. The maximum absolute atomic E-state index is 12.6. The van der Waals surface area contributed by atoms with E-state index in [0.717, 1.165) is 23.4 Å². The number of phenols is 1. The van der Waals surface area contributed by atoms with Crippen LogP contribution in [0.25, 0.3) is 0 Å². The van der Waals surface area contributed by atoms with E-state index in [0.29, 0.717) is 5.56 Å². The van der Waals surface area contributed by atoms with Crippen molar-refractivity contribution in [1.82, 2.24) is 0 Å². The van der Waals surface area contributed by atoms with Gasteiger partial charge in [0, 0.05) is 11.1 Å². The SMILES string of the molecule is COc1ccc2c(c1)C(CC(=O)c1ccc(O)cc1)=NC(C)(C)C2. The van der Waals surface area contributed by atoms with Crippen LogP contribution in [0.2, 0.25) is 0 Å². The number of carbonyl (C=O) groups is 1. The number of benzene rings is 2. The Morgan fingerprint density at radius 2 is 1.92 bits per heavy atom. The maximum Gasteiger partial charge on any atom is 0.168 e. The largest absolute Gasteiger partial charge is 0.508 e. The molecule has 0 amide bonds. The van der Waals surface area contributed by atoms with Gasteiger partial charge >= 0.3 is 0 Å². The van der Waals surface area contributed by atoms with E-state index in [1.807, 2.05) is 12.1 Å². The molecule has 0 aliphatic carbocycles. The van der Waals surface area contributed by atoms with Crippen LogP contribution in [0.15, 0.2) is 47.5 Å². The maximum atomic E-state index is 12.6. The van der Waals surface area contributed by atoms with E-state index in [1.165, 1.54) is 17.7 Å². The van der Waals surface area contributed by atoms with Crippen molar-refractivity contribution in [2.75, 3.05) is 7.11 Å². The highest BCUT2D eigenvalue weighted by Crippen LogP contribution is 2.31. The highest BCUT2D eigenvalue weighted by molar-refractivity contribution is 6.17. The number of fused-ring (bicyclic) bond motifs is 1. The van der Waals surface area contributed by atoms with Gasteiger partial charge < -0.3 is 9.84 Å². The smallest absolute Gasteiger partial charge is 0.168 e. The van der Waals surface area contributed by atoms with Gasteiger partial charge in [-0.15, -0.1) is 0 Å². The van der Waals surface area contributed by atoms with Crippen LogP contribution in [0.5, 0.6) is 11.5 Å². The van der Waals surface area contributed by atoms with Crippen molar-refractivity contribution < 1.29 is 14.6 Å².